The number of ether oxygens (including phenoxy) is 1. The van der Waals surface area contributed by atoms with Crippen molar-refractivity contribution in [1.82, 2.24) is 15.2 Å². The molecule has 0 spiro atoms. The van der Waals surface area contributed by atoms with Gasteiger partial charge in [0.25, 0.3) is 5.91 Å². The molecule has 1 aliphatic rings. The number of hydrogen-bond donors (Lipinski definition) is 1. The van der Waals surface area contributed by atoms with Gasteiger partial charge >= 0.3 is 5.97 Å². The molecule has 0 radical (unpaired) electrons. The molecule has 6 nitrogen and oxygen atoms in total. The van der Waals surface area contributed by atoms with E-state index in [2.05, 4.69) is 10.3 Å². The number of halogens is 1. The zero-order valence-corrected chi connectivity index (χ0v) is 22.5. The van der Waals surface area contributed by atoms with Gasteiger partial charge in [0.1, 0.15) is 5.82 Å². The number of methoxy groups -OCH3 is 1. The quantitative estimate of drug-likeness (QED) is 0.320. The lowest BCUT2D eigenvalue weighted by atomic mass is 9.93. The van der Waals surface area contributed by atoms with Crippen molar-refractivity contribution in [2.75, 3.05) is 27.2 Å². The van der Waals surface area contributed by atoms with E-state index in [1.807, 2.05) is 62.5 Å². The van der Waals surface area contributed by atoms with E-state index in [0.29, 0.717) is 34.1 Å². The second-order valence-corrected chi connectivity index (χ2v) is 10.2. The molecule has 1 saturated heterocycles. The molecule has 4 aromatic rings. The lowest BCUT2D eigenvalue weighted by Gasteiger charge is -2.24. The van der Waals surface area contributed by atoms with Crippen LogP contribution in [0.25, 0.3) is 33.2 Å². The summed E-state index contributed by atoms with van der Waals surface area (Å²) in [5.41, 5.74) is 5.78. The Morgan fingerprint density at radius 2 is 1.90 bits per heavy atom. The van der Waals surface area contributed by atoms with Crippen molar-refractivity contribution in [2.24, 2.45) is 0 Å². The number of fused-ring (bicyclic) bond motifs is 1. The van der Waals surface area contributed by atoms with Crippen molar-refractivity contribution in [3.05, 3.63) is 89.4 Å². The molecular formula is C32H32FN3O3. The topological polar surface area (TPSA) is 71.5 Å². The highest BCUT2D eigenvalue weighted by molar-refractivity contribution is 6.12. The minimum absolute atomic E-state index is 0.135. The molecule has 2 heterocycles. The van der Waals surface area contributed by atoms with E-state index < -0.39 is 0 Å². The maximum atomic E-state index is 14.5. The Labute approximate surface area is 227 Å². The molecule has 1 aliphatic heterocycles. The van der Waals surface area contributed by atoms with Gasteiger partial charge in [-0.3, -0.25) is 14.6 Å². The van der Waals surface area contributed by atoms with E-state index >= 15 is 0 Å². The standard InChI is InChI=1S/C32H32FN3O3/c1-20-12-24(16-25(33)13-20)28-18-35-29-10-9-23(22-7-4-6-21(14-22)15-30(37)39-3)17-27(29)31(28)32(38)36(2)19-26-8-5-11-34-26/h4,6-7,9-10,12-14,16-18,26,34H,5,8,11,15,19H2,1-3H3/t26-/m0/s1. The molecule has 0 saturated carbocycles. The van der Waals surface area contributed by atoms with Gasteiger partial charge in [0.15, 0.2) is 0 Å². The number of aryl methyl sites for hydroxylation is 1. The van der Waals surface area contributed by atoms with Gasteiger partial charge in [-0.25, -0.2) is 4.39 Å². The molecule has 1 fully saturated rings. The van der Waals surface area contributed by atoms with Gasteiger partial charge in [0, 0.05) is 36.8 Å². The number of likely N-dealkylation sites (N-methyl/N-ethyl adjacent to an activating group) is 1. The summed E-state index contributed by atoms with van der Waals surface area (Å²) in [7, 11) is 3.19. The predicted octanol–water partition coefficient (Wildman–Crippen LogP) is 5.56. The number of esters is 1. The van der Waals surface area contributed by atoms with E-state index in [1.54, 1.807) is 11.1 Å². The van der Waals surface area contributed by atoms with Crippen LogP contribution < -0.4 is 5.32 Å². The van der Waals surface area contributed by atoms with E-state index in [-0.39, 0.29) is 30.2 Å². The number of nitrogens with zero attached hydrogens (tertiary/aromatic N) is 2. The Morgan fingerprint density at radius 1 is 1.08 bits per heavy atom. The van der Waals surface area contributed by atoms with Gasteiger partial charge < -0.3 is 15.0 Å². The molecule has 0 unspecified atom stereocenters. The highest BCUT2D eigenvalue weighted by Crippen LogP contribution is 2.34. The Balaban J connectivity index is 1.65. The number of carbonyl (C=O) groups excluding carboxylic acids is 2. The number of nitrogens with one attached hydrogen (secondary N) is 1. The first-order valence-corrected chi connectivity index (χ1v) is 13.2. The third kappa shape index (κ3) is 5.83. The van der Waals surface area contributed by atoms with Crippen molar-refractivity contribution in [3.8, 4) is 22.3 Å². The summed E-state index contributed by atoms with van der Waals surface area (Å²) >= 11 is 0. The number of pyridine rings is 1. The summed E-state index contributed by atoms with van der Waals surface area (Å²) in [6.07, 6.45) is 3.96. The van der Waals surface area contributed by atoms with Gasteiger partial charge in [-0.1, -0.05) is 36.4 Å². The van der Waals surface area contributed by atoms with Crippen LogP contribution in [0.4, 0.5) is 4.39 Å². The molecule has 3 aromatic carbocycles. The molecule has 7 heteroatoms. The SMILES string of the molecule is COC(=O)Cc1cccc(-c2ccc3ncc(-c4cc(C)cc(F)c4)c(C(=O)N(C)C[C@@H]4CCCN4)c3c2)c1. The molecule has 39 heavy (non-hydrogen) atoms. The highest BCUT2D eigenvalue weighted by Gasteiger charge is 2.25. The van der Waals surface area contributed by atoms with Gasteiger partial charge in [-0.05, 0) is 78.4 Å². The maximum Gasteiger partial charge on any atom is 0.309 e. The van der Waals surface area contributed by atoms with Gasteiger partial charge in [0.05, 0.1) is 24.6 Å². The zero-order chi connectivity index (χ0) is 27.5. The molecule has 200 valence electrons. The van der Waals surface area contributed by atoms with Crippen LogP contribution in [0.5, 0.6) is 0 Å². The van der Waals surface area contributed by atoms with Crippen molar-refractivity contribution in [1.29, 1.82) is 0 Å². The molecule has 1 aromatic heterocycles. The number of hydrogen-bond acceptors (Lipinski definition) is 5. The average molecular weight is 526 g/mol. The van der Waals surface area contributed by atoms with Crippen LogP contribution in [0, 0.1) is 12.7 Å². The Kier molecular flexibility index (Phi) is 7.70. The number of aromatic nitrogens is 1. The van der Waals surface area contributed by atoms with Crippen LogP contribution in [0.15, 0.2) is 66.9 Å². The van der Waals surface area contributed by atoms with E-state index in [9.17, 15) is 14.0 Å². The minimum Gasteiger partial charge on any atom is -0.469 e. The summed E-state index contributed by atoms with van der Waals surface area (Å²) in [6.45, 7) is 3.37. The van der Waals surface area contributed by atoms with Crippen molar-refractivity contribution in [3.63, 3.8) is 0 Å². The molecular weight excluding hydrogens is 493 g/mol. The van der Waals surface area contributed by atoms with Crippen LogP contribution in [-0.4, -0.2) is 55.0 Å². The third-order valence-electron chi connectivity index (χ3n) is 7.27. The first kappa shape index (κ1) is 26.5. The normalized spacial score (nSPS) is 14.9. The maximum absolute atomic E-state index is 14.5. The number of benzene rings is 3. The van der Waals surface area contributed by atoms with Crippen LogP contribution in [0.1, 0.15) is 34.3 Å². The van der Waals surface area contributed by atoms with E-state index in [0.717, 1.165) is 41.6 Å². The fourth-order valence-electron chi connectivity index (χ4n) is 5.33. The molecule has 0 aliphatic carbocycles. The minimum atomic E-state index is -0.358. The summed E-state index contributed by atoms with van der Waals surface area (Å²) in [5, 5.41) is 4.15. The second kappa shape index (κ2) is 11.3. The first-order chi connectivity index (χ1) is 18.8. The number of rotatable bonds is 7. The van der Waals surface area contributed by atoms with Crippen LogP contribution >= 0.6 is 0 Å². The highest BCUT2D eigenvalue weighted by atomic mass is 19.1. The average Bonchev–Trinajstić information content (AvgIpc) is 3.44. The van der Waals surface area contributed by atoms with E-state index in [4.69, 9.17) is 4.74 Å². The van der Waals surface area contributed by atoms with E-state index in [1.165, 1.54) is 19.2 Å². The van der Waals surface area contributed by atoms with Crippen molar-refractivity contribution < 1.29 is 18.7 Å². The van der Waals surface area contributed by atoms with Crippen LogP contribution in [-0.2, 0) is 16.0 Å². The fourth-order valence-corrected chi connectivity index (χ4v) is 5.33. The third-order valence-corrected chi connectivity index (χ3v) is 7.27. The second-order valence-electron chi connectivity index (χ2n) is 10.2. The van der Waals surface area contributed by atoms with Crippen molar-refractivity contribution in [2.45, 2.75) is 32.2 Å². The Morgan fingerprint density at radius 3 is 2.64 bits per heavy atom. The van der Waals surface area contributed by atoms with Crippen LogP contribution in [0.3, 0.4) is 0 Å². The monoisotopic (exact) mass is 525 g/mol. The Hall–Kier alpha value is -4.10. The van der Waals surface area contributed by atoms with Gasteiger partial charge in [0.2, 0.25) is 0 Å². The number of carbonyl (C=O) groups is 2. The Bertz CT molecular complexity index is 1530. The summed E-state index contributed by atoms with van der Waals surface area (Å²) in [4.78, 5) is 32.3. The van der Waals surface area contributed by atoms with Crippen LogP contribution in [0.2, 0.25) is 0 Å². The largest absolute Gasteiger partial charge is 0.469 e. The lowest BCUT2D eigenvalue weighted by Crippen LogP contribution is -2.38. The molecule has 1 atom stereocenters. The molecule has 5 rings (SSSR count). The zero-order valence-electron chi connectivity index (χ0n) is 22.5. The molecule has 0 bridgehead atoms. The summed E-state index contributed by atoms with van der Waals surface area (Å²) in [5.74, 6) is -0.801. The smallest absolute Gasteiger partial charge is 0.309 e. The predicted molar refractivity (Wildman–Crippen MR) is 151 cm³/mol. The fraction of sp³-hybridized carbons (Fsp3) is 0.281. The van der Waals surface area contributed by atoms with Gasteiger partial charge in [-0.2, -0.15) is 0 Å². The van der Waals surface area contributed by atoms with Gasteiger partial charge in [-0.15, -0.1) is 0 Å². The molecule has 1 N–H and O–H groups in total. The number of amides is 1. The molecule has 1 amide bonds. The lowest BCUT2D eigenvalue weighted by molar-refractivity contribution is -0.139. The first-order valence-electron chi connectivity index (χ1n) is 13.2. The summed E-state index contributed by atoms with van der Waals surface area (Å²) < 4.78 is 19.3. The summed E-state index contributed by atoms with van der Waals surface area (Å²) in [6, 6.07) is 18.6. The van der Waals surface area contributed by atoms with Crippen molar-refractivity contribution >= 4 is 22.8 Å².